The molecule has 4 atom stereocenters. The van der Waals surface area contributed by atoms with Gasteiger partial charge in [-0.1, -0.05) is 26.8 Å². The van der Waals surface area contributed by atoms with Crippen molar-refractivity contribution in [1.82, 2.24) is 0 Å². The average Bonchev–Trinajstić information content (AvgIpc) is 3.22. The van der Waals surface area contributed by atoms with Gasteiger partial charge in [-0.25, -0.2) is 0 Å². The number of hydrogen-bond acceptors (Lipinski definition) is 5. The van der Waals surface area contributed by atoms with Gasteiger partial charge in [0.2, 0.25) is 0 Å². The van der Waals surface area contributed by atoms with Crippen LogP contribution in [0.15, 0.2) is 18.2 Å². The first-order valence-corrected chi connectivity index (χ1v) is 11.5. The summed E-state index contributed by atoms with van der Waals surface area (Å²) in [4.78, 5) is 0. The molecule has 0 aromatic heterocycles. The Morgan fingerprint density at radius 2 is 1.77 bits per heavy atom. The molecular weight excluding hydrogens is 380 g/mol. The van der Waals surface area contributed by atoms with Crippen LogP contribution in [0.3, 0.4) is 0 Å². The fourth-order valence-corrected chi connectivity index (χ4v) is 6.80. The highest BCUT2D eigenvalue weighted by Gasteiger charge is 2.64. The fraction of sp³-hybridized carbons (Fsp3) is 0.760. The number of methoxy groups -OCH3 is 2. The molecule has 168 valence electrons. The van der Waals surface area contributed by atoms with Gasteiger partial charge in [-0.15, -0.1) is 0 Å². The fourth-order valence-electron chi connectivity index (χ4n) is 6.80. The van der Waals surface area contributed by atoms with Crippen molar-refractivity contribution >= 4 is 0 Å². The topological polar surface area (TPSA) is 46.2 Å². The van der Waals surface area contributed by atoms with Crippen LogP contribution in [0.5, 0.6) is 11.5 Å². The number of benzene rings is 1. The summed E-state index contributed by atoms with van der Waals surface area (Å²) in [6, 6.07) is 6.05. The highest BCUT2D eigenvalue weighted by molar-refractivity contribution is 5.45. The summed E-state index contributed by atoms with van der Waals surface area (Å²) in [7, 11) is 3.39. The Kier molecular flexibility index (Phi) is 6.08. The van der Waals surface area contributed by atoms with Gasteiger partial charge in [0.1, 0.15) is 11.5 Å². The van der Waals surface area contributed by atoms with E-state index in [9.17, 15) is 0 Å². The summed E-state index contributed by atoms with van der Waals surface area (Å²) < 4.78 is 29.6. The smallest absolute Gasteiger partial charge is 0.188 e. The number of hydrogen-bond donors (Lipinski definition) is 0. The van der Waals surface area contributed by atoms with E-state index < -0.39 is 5.79 Å². The van der Waals surface area contributed by atoms with E-state index in [2.05, 4.69) is 20.8 Å². The third-order valence-electron chi connectivity index (χ3n) is 8.61. The van der Waals surface area contributed by atoms with Crippen LogP contribution in [0.1, 0.15) is 58.4 Å². The van der Waals surface area contributed by atoms with Crippen molar-refractivity contribution in [2.24, 2.45) is 22.7 Å². The molecule has 0 amide bonds. The van der Waals surface area contributed by atoms with Gasteiger partial charge in [-0.2, -0.15) is 0 Å². The zero-order chi connectivity index (χ0) is 21.4. The molecule has 3 aliphatic rings. The van der Waals surface area contributed by atoms with Gasteiger partial charge in [0, 0.05) is 24.5 Å². The largest absolute Gasteiger partial charge is 0.496 e. The van der Waals surface area contributed by atoms with Crippen LogP contribution in [0.25, 0.3) is 0 Å². The van der Waals surface area contributed by atoms with E-state index in [1.807, 2.05) is 18.2 Å². The Labute approximate surface area is 181 Å². The van der Waals surface area contributed by atoms with Gasteiger partial charge >= 0.3 is 0 Å². The lowest BCUT2D eigenvalue weighted by molar-refractivity contribution is -0.297. The molecule has 0 N–H and O–H groups in total. The molecular formula is C25H38O5. The summed E-state index contributed by atoms with van der Waals surface area (Å²) >= 11 is 0. The molecule has 2 aliphatic carbocycles. The Morgan fingerprint density at radius 1 is 1.03 bits per heavy atom. The molecule has 3 fully saturated rings. The van der Waals surface area contributed by atoms with Crippen molar-refractivity contribution in [3.63, 3.8) is 0 Å². The molecule has 1 aromatic carbocycles. The predicted molar refractivity (Wildman–Crippen MR) is 116 cm³/mol. The van der Waals surface area contributed by atoms with E-state index in [4.69, 9.17) is 23.7 Å². The van der Waals surface area contributed by atoms with Crippen LogP contribution >= 0.6 is 0 Å². The number of fused-ring (bicyclic) bond motifs is 2. The molecule has 30 heavy (non-hydrogen) atoms. The molecule has 1 saturated heterocycles. The summed E-state index contributed by atoms with van der Waals surface area (Å²) in [5.74, 6) is 2.44. The van der Waals surface area contributed by atoms with Crippen molar-refractivity contribution in [3.8, 4) is 11.5 Å². The molecule has 4 rings (SSSR count). The quantitative estimate of drug-likeness (QED) is 0.594. The van der Waals surface area contributed by atoms with Crippen molar-refractivity contribution in [2.75, 3.05) is 34.2 Å². The lowest BCUT2D eigenvalue weighted by Crippen LogP contribution is -2.62. The molecule has 0 bridgehead atoms. The van der Waals surface area contributed by atoms with Crippen LogP contribution in [0.4, 0.5) is 0 Å². The standard InChI is InChI=1S/C25H38O5/c1-18-11-13-24(3)22(10-7-12-25(24)29-14-15-30-25)23(18,2)16-19-20(27-5)8-6-9-21(19)28-17-26-4/h6,8-9,18,22H,7,10-17H2,1-5H3/t18-,22-,23+,24+/m0/s1. The van der Waals surface area contributed by atoms with Gasteiger partial charge in [-0.3, -0.25) is 0 Å². The minimum atomic E-state index is -0.409. The van der Waals surface area contributed by atoms with Crippen LogP contribution in [0.2, 0.25) is 0 Å². The van der Waals surface area contributed by atoms with Gasteiger partial charge in [0.25, 0.3) is 0 Å². The van der Waals surface area contributed by atoms with Crippen LogP contribution in [-0.2, 0) is 20.6 Å². The van der Waals surface area contributed by atoms with E-state index in [0.717, 1.165) is 56.0 Å². The van der Waals surface area contributed by atoms with E-state index in [-0.39, 0.29) is 17.6 Å². The van der Waals surface area contributed by atoms with E-state index in [1.54, 1.807) is 14.2 Å². The SMILES string of the molecule is COCOc1cccc(OC)c1C[C@]1(C)[C@@H](C)CC[C@]2(C)[C@H]1CCCC21OCCO1. The van der Waals surface area contributed by atoms with Crippen LogP contribution in [0, 0.1) is 22.7 Å². The summed E-state index contributed by atoms with van der Waals surface area (Å²) in [5, 5.41) is 0. The summed E-state index contributed by atoms with van der Waals surface area (Å²) in [6.45, 7) is 8.99. The Hall–Kier alpha value is -1.30. The highest BCUT2D eigenvalue weighted by Crippen LogP contribution is 2.66. The maximum absolute atomic E-state index is 6.37. The molecule has 0 radical (unpaired) electrons. The second-order valence-corrected chi connectivity index (χ2v) is 9.92. The van der Waals surface area contributed by atoms with Gasteiger partial charge in [-0.05, 0) is 61.5 Å². The second kappa shape index (κ2) is 8.33. The van der Waals surface area contributed by atoms with Crippen molar-refractivity contribution in [3.05, 3.63) is 23.8 Å². The van der Waals surface area contributed by atoms with Crippen LogP contribution in [-0.4, -0.2) is 40.0 Å². The monoisotopic (exact) mass is 418 g/mol. The maximum atomic E-state index is 6.37. The molecule has 0 unspecified atom stereocenters. The maximum Gasteiger partial charge on any atom is 0.188 e. The number of ether oxygens (including phenoxy) is 5. The van der Waals surface area contributed by atoms with Gasteiger partial charge in [0.05, 0.1) is 20.3 Å². The van der Waals surface area contributed by atoms with Crippen LogP contribution < -0.4 is 9.47 Å². The Bertz CT molecular complexity index is 743. The zero-order valence-corrected chi connectivity index (χ0v) is 19.3. The Morgan fingerprint density at radius 3 is 2.47 bits per heavy atom. The lowest BCUT2D eigenvalue weighted by atomic mass is 9.45. The number of rotatable bonds is 6. The van der Waals surface area contributed by atoms with E-state index in [1.165, 1.54) is 12.8 Å². The average molecular weight is 419 g/mol. The first-order chi connectivity index (χ1) is 14.4. The molecule has 1 heterocycles. The van der Waals surface area contributed by atoms with E-state index in [0.29, 0.717) is 11.8 Å². The summed E-state index contributed by atoms with van der Waals surface area (Å²) in [6.07, 6.45) is 6.64. The first kappa shape index (κ1) is 21.9. The summed E-state index contributed by atoms with van der Waals surface area (Å²) in [5.41, 5.74) is 1.26. The minimum absolute atomic E-state index is 0.0264. The highest BCUT2D eigenvalue weighted by atomic mass is 16.7. The minimum Gasteiger partial charge on any atom is -0.496 e. The molecule has 5 heteroatoms. The predicted octanol–water partition coefficient (Wildman–Crippen LogP) is 5.21. The molecule has 1 aliphatic heterocycles. The second-order valence-electron chi connectivity index (χ2n) is 9.92. The normalized spacial score (nSPS) is 35.2. The van der Waals surface area contributed by atoms with Gasteiger partial charge < -0.3 is 23.7 Å². The molecule has 1 spiro atoms. The molecule has 5 nitrogen and oxygen atoms in total. The van der Waals surface area contributed by atoms with Crippen molar-refractivity contribution < 1.29 is 23.7 Å². The third-order valence-corrected chi connectivity index (χ3v) is 8.61. The van der Waals surface area contributed by atoms with Gasteiger partial charge in [0.15, 0.2) is 12.6 Å². The lowest BCUT2D eigenvalue weighted by Gasteiger charge is -2.63. The Balaban J connectivity index is 1.73. The van der Waals surface area contributed by atoms with Crippen molar-refractivity contribution in [2.45, 2.75) is 65.1 Å². The molecule has 1 aromatic rings. The van der Waals surface area contributed by atoms with Crippen molar-refractivity contribution in [1.29, 1.82) is 0 Å². The third kappa shape index (κ3) is 3.34. The van der Waals surface area contributed by atoms with E-state index >= 15 is 0 Å². The first-order valence-electron chi connectivity index (χ1n) is 11.5. The zero-order valence-electron chi connectivity index (χ0n) is 19.3. The molecule has 2 saturated carbocycles.